The van der Waals surface area contributed by atoms with E-state index in [9.17, 15) is 42.1 Å². The van der Waals surface area contributed by atoms with Crippen molar-refractivity contribution < 1.29 is 36.8 Å². The van der Waals surface area contributed by atoms with Gasteiger partial charge in [0.25, 0.3) is 11.5 Å². The van der Waals surface area contributed by atoms with Gasteiger partial charge in [0.15, 0.2) is 0 Å². The van der Waals surface area contributed by atoms with Crippen LogP contribution >= 0.6 is 0 Å². The molecule has 2 atom stereocenters. The molecule has 0 fully saturated rings. The number of nitrogens with zero attached hydrogens (tertiary/aromatic N) is 2. The van der Waals surface area contributed by atoms with Crippen molar-refractivity contribution in [2.75, 3.05) is 6.54 Å². The number of aromatic nitrogens is 1. The van der Waals surface area contributed by atoms with E-state index >= 15 is 0 Å². The van der Waals surface area contributed by atoms with Gasteiger partial charge in [-0.3, -0.25) is 18.6 Å². The fraction of sp³-hybridized carbons (Fsp3) is 0.308. The van der Waals surface area contributed by atoms with E-state index in [0.717, 1.165) is 28.8 Å². The molecule has 1 aliphatic rings. The topological polar surface area (TPSA) is 138 Å². The van der Waals surface area contributed by atoms with E-state index in [1.165, 1.54) is 12.1 Å². The number of halogens is 3. The number of pyridine rings is 1. The number of hydrogen-bond donors (Lipinski definition) is 2. The molecule has 0 radical (unpaired) electrons. The summed E-state index contributed by atoms with van der Waals surface area (Å²) in [5.41, 5.74) is -3.19. The summed E-state index contributed by atoms with van der Waals surface area (Å²) in [6.07, 6.45) is -4.58. The smallest absolute Gasteiger partial charge is 0.416 e. The van der Waals surface area contributed by atoms with E-state index in [4.69, 9.17) is 4.74 Å². The molecule has 9 nitrogen and oxygen atoms in total. The highest BCUT2D eigenvalue weighted by molar-refractivity contribution is 7.85. The molecule has 0 bridgehead atoms. The second kappa shape index (κ2) is 9.85. The predicted molar refractivity (Wildman–Crippen MR) is 133 cm³/mol. The molecule has 204 valence electrons. The van der Waals surface area contributed by atoms with Crippen molar-refractivity contribution >= 4 is 33.6 Å². The van der Waals surface area contributed by atoms with Crippen LogP contribution in [-0.4, -0.2) is 37.9 Å². The lowest BCUT2D eigenvalue weighted by Gasteiger charge is -2.28. The van der Waals surface area contributed by atoms with Crippen molar-refractivity contribution in [1.82, 2.24) is 9.88 Å². The lowest BCUT2D eigenvalue weighted by Crippen LogP contribution is -2.39. The van der Waals surface area contributed by atoms with Gasteiger partial charge in [-0.1, -0.05) is 12.1 Å². The third-order valence-electron chi connectivity index (χ3n) is 5.90. The number of esters is 1. The van der Waals surface area contributed by atoms with Gasteiger partial charge in [0.05, 0.1) is 43.7 Å². The number of aromatic hydroxyl groups is 1. The predicted octanol–water partition coefficient (Wildman–Crippen LogP) is 3.53. The molecular weight excluding hydrogens is 539 g/mol. The Morgan fingerprint density at radius 2 is 1.85 bits per heavy atom. The molecule has 1 aromatic heterocycles. The Morgan fingerprint density at radius 1 is 1.21 bits per heavy atom. The SMILES string of the molecule is CC(C)(C)OC(=O)CNC(=O)c1c(O)c2cc(C#N)cc3c2n(c1=O)CC(c1ccc(C(F)(F)F)cc1)S3=O. The summed E-state index contributed by atoms with van der Waals surface area (Å²) >= 11 is 0. The molecule has 2 N–H and O–H groups in total. The van der Waals surface area contributed by atoms with Crippen LogP contribution in [0.2, 0.25) is 0 Å². The number of hydrogen-bond acceptors (Lipinski definition) is 7. The quantitative estimate of drug-likeness (QED) is 0.465. The van der Waals surface area contributed by atoms with Crippen molar-refractivity contribution in [3.8, 4) is 11.8 Å². The van der Waals surface area contributed by atoms with E-state index in [1.54, 1.807) is 20.8 Å². The maximum absolute atomic E-state index is 13.5. The van der Waals surface area contributed by atoms with Crippen LogP contribution in [-0.2, 0) is 33.1 Å². The molecule has 0 spiro atoms. The monoisotopic (exact) mass is 561 g/mol. The number of amides is 1. The zero-order valence-corrected chi connectivity index (χ0v) is 21.7. The molecule has 0 aliphatic carbocycles. The van der Waals surface area contributed by atoms with Crippen LogP contribution in [0.5, 0.6) is 5.75 Å². The summed E-state index contributed by atoms with van der Waals surface area (Å²) in [7, 11) is -1.94. The lowest BCUT2D eigenvalue weighted by molar-refractivity contribution is -0.153. The number of carbonyl (C=O) groups is 2. The van der Waals surface area contributed by atoms with Gasteiger partial charge in [0.2, 0.25) is 0 Å². The number of ether oxygens (including phenoxy) is 1. The van der Waals surface area contributed by atoms with Gasteiger partial charge < -0.3 is 19.7 Å². The fourth-order valence-electron chi connectivity index (χ4n) is 4.26. The van der Waals surface area contributed by atoms with Crippen LogP contribution in [0.15, 0.2) is 46.1 Å². The van der Waals surface area contributed by atoms with E-state index in [-0.39, 0.29) is 33.5 Å². The van der Waals surface area contributed by atoms with Gasteiger partial charge in [-0.15, -0.1) is 0 Å². The van der Waals surface area contributed by atoms with Crippen molar-refractivity contribution in [2.45, 2.75) is 49.2 Å². The Balaban J connectivity index is 1.82. The number of carbonyl (C=O) groups excluding carboxylic acids is 2. The molecule has 1 aliphatic heterocycles. The molecule has 0 saturated heterocycles. The first kappa shape index (κ1) is 27.8. The van der Waals surface area contributed by atoms with Crippen molar-refractivity contribution in [3.05, 3.63) is 69.0 Å². The van der Waals surface area contributed by atoms with E-state index in [0.29, 0.717) is 0 Å². The van der Waals surface area contributed by atoms with Crippen molar-refractivity contribution in [3.63, 3.8) is 0 Å². The minimum Gasteiger partial charge on any atom is -0.506 e. The summed E-state index contributed by atoms with van der Waals surface area (Å²) in [5, 5.41) is 21.6. The van der Waals surface area contributed by atoms with E-state index in [2.05, 4.69) is 5.32 Å². The Morgan fingerprint density at radius 3 is 2.41 bits per heavy atom. The number of rotatable bonds is 4. The third-order valence-corrected chi connectivity index (χ3v) is 7.58. The molecule has 0 saturated carbocycles. The average molecular weight is 562 g/mol. The first-order valence-electron chi connectivity index (χ1n) is 11.5. The van der Waals surface area contributed by atoms with Crippen LogP contribution < -0.4 is 10.9 Å². The average Bonchev–Trinajstić information content (AvgIpc) is 2.85. The molecule has 4 rings (SSSR count). The largest absolute Gasteiger partial charge is 0.506 e. The fourth-order valence-corrected chi connectivity index (χ4v) is 5.91. The molecule has 2 aromatic carbocycles. The van der Waals surface area contributed by atoms with Crippen molar-refractivity contribution in [2.24, 2.45) is 0 Å². The highest BCUT2D eigenvalue weighted by Crippen LogP contribution is 2.40. The Labute approximate surface area is 222 Å². The van der Waals surface area contributed by atoms with Crippen LogP contribution in [0.1, 0.15) is 53.1 Å². The number of alkyl halides is 3. The van der Waals surface area contributed by atoms with Gasteiger partial charge >= 0.3 is 12.1 Å². The van der Waals surface area contributed by atoms with Crippen LogP contribution in [0.3, 0.4) is 0 Å². The second-order valence-electron chi connectivity index (χ2n) is 9.80. The Bertz CT molecular complexity index is 1630. The summed E-state index contributed by atoms with van der Waals surface area (Å²) in [6, 6.07) is 8.34. The number of nitriles is 1. The minimum atomic E-state index is -4.58. The van der Waals surface area contributed by atoms with E-state index in [1.807, 2.05) is 6.07 Å². The summed E-state index contributed by atoms with van der Waals surface area (Å²) < 4.78 is 58.9. The normalized spacial score (nSPS) is 16.9. The van der Waals surface area contributed by atoms with Crippen LogP contribution in [0, 0.1) is 11.3 Å². The van der Waals surface area contributed by atoms with Crippen LogP contribution in [0.25, 0.3) is 10.9 Å². The zero-order valence-electron chi connectivity index (χ0n) is 20.9. The number of nitrogens with one attached hydrogen (secondary N) is 1. The van der Waals surface area contributed by atoms with Gasteiger partial charge in [0.1, 0.15) is 23.5 Å². The zero-order chi connectivity index (χ0) is 28.9. The molecule has 2 unspecified atom stereocenters. The van der Waals surface area contributed by atoms with Crippen LogP contribution in [0.4, 0.5) is 13.2 Å². The summed E-state index contributed by atoms with van der Waals surface area (Å²) in [4.78, 5) is 38.5. The first-order valence-corrected chi connectivity index (χ1v) is 12.7. The maximum Gasteiger partial charge on any atom is 0.416 e. The molecule has 1 amide bonds. The lowest BCUT2D eigenvalue weighted by atomic mass is 10.0. The van der Waals surface area contributed by atoms with Gasteiger partial charge in [-0.2, -0.15) is 18.4 Å². The van der Waals surface area contributed by atoms with Crippen molar-refractivity contribution in [1.29, 1.82) is 5.26 Å². The minimum absolute atomic E-state index is 0.00770. The van der Waals surface area contributed by atoms with Gasteiger partial charge in [-0.25, -0.2) is 0 Å². The second-order valence-corrected chi connectivity index (χ2v) is 11.4. The van der Waals surface area contributed by atoms with E-state index < -0.39 is 68.7 Å². The summed E-state index contributed by atoms with van der Waals surface area (Å²) in [5.74, 6) is -2.64. The molecule has 3 aromatic rings. The van der Waals surface area contributed by atoms with Gasteiger partial charge in [-0.05, 0) is 50.6 Å². The number of benzene rings is 2. The highest BCUT2D eigenvalue weighted by atomic mass is 32.2. The third kappa shape index (κ3) is 5.37. The maximum atomic E-state index is 13.5. The Hall–Kier alpha value is -4.18. The highest BCUT2D eigenvalue weighted by Gasteiger charge is 2.35. The standard InChI is InChI=1S/C26H22F3N3O6S/c1-25(2,3)38-19(33)11-31-23(35)20-22(34)16-8-13(10-30)9-17-21(16)32(24(20)36)12-18(39(17)37)14-4-6-15(7-5-14)26(27,28)29/h4-9,18,34H,11-12H2,1-3H3,(H,31,35). The molecule has 2 heterocycles. The first-order chi connectivity index (χ1) is 18.1. The molecular formula is C26H22F3N3O6S. The summed E-state index contributed by atoms with van der Waals surface area (Å²) in [6.45, 7) is 3.98. The molecule has 13 heteroatoms. The Kier molecular flexibility index (Phi) is 7.03. The van der Waals surface area contributed by atoms with Gasteiger partial charge in [0, 0.05) is 11.9 Å². The molecule has 39 heavy (non-hydrogen) atoms.